The van der Waals surface area contributed by atoms with Gasteiger partial charge in [-0.15, -0.1) is 0 Å². The number of aromatic nitrogens is 2. The second-order valence-corrected chi connectivity index (χ2v) is 9.67. The lowest BCUT2D eigenvalue weighted by molar-refractivity contribution is 0.404. The first-order chi connectivity index (χ1) is 17.2. The fraction of sp³-hybridized carbons (Fsp3) is 0.207. The number of anilines is 1. The monoisotopic (exact) mass is 498 g/mol. The maximum Gasteiger partial charge on any atom is 0.258 e. The Morgan fingerprint density at radius 1 is 0.917 bits per heavy atom. The van der Waals surface area contributed by atoms with E-state index in [0.29, 0.717) is 22.4 Å². The lowest BCUT2D eigenvalue weighted by Crippen LogP contribution is -2.46. The van der Waals surface area contributed by atoms with Gasteiger partial charge < -0.3 is 9.84 Å². The molecule has 1 aliphatic heterocycles. The Balaban J connectivity index is 1.68. The molecule has 0 radical (unpaired) electrons. The number of nitrogens with one attached hydrogen (secondary N) is 1. The number of halogens is 1. The van der Waals surface area contributed by atoms with E-state index in [0.717, 1.165) is 33.6 Å². The molecule has 0 fully saturated rings. The van der Waals surface area contributed by atoms with Gasteiger partial charge in [0.2, 0.25) is 5.82 Å². The molecule has 4 aromatic rings. The van der Waals surface area contributed by atoms with E-state index in [1.54, 1.807) is 19.1 Å². The molecule has 1 aliphatic rings. The predicted molar refractivity (Wildman–Crippen MR) is 145 cm³/mol. The van der Waals surface area contributed by atoms with E-state index < -0.39 is 0 Å². The molecule has 7 heteroatoms. The molecule has 1 aromatic heterocycles. The Morgan fingerprint density at radius 3 is 2.44 bits per heavy atom. The summed E-state index contributed by atoms with van der Waals surface area (Å²) in [6, 6.07) is 19.0. The van der Waals surface area contributed by atoms with Crippen molar-refractivity contribution < 1.29 is 8.91 Å². The van der Waals surface area contributed by atoms with Gasteiger partial charge in [0.15, 0.2) is 5.11 Å². The fourth-order valence-corrected chi connectivity index (χ4v) is 4.89. The van der Waals surface area contributed by atoms with Crippen molar-refractivity contribution in [2.45, 2.75) is 40.7 Å². The maximum absolute atomic E-state index is 14.0. The number of nitrogens with zero attached hydrogens (tertiary/aromatic N) is 3. The van der Waals surface area contributed by atoms with Crippen LogP contribution in [0.25, 0.3) is 17.0 Å². The fourth-order valence-electron chi connectivity index (χ4n) is 4.53. The number of benzene rings is 3. The zero-order valence-corrected chi connectivity index (χ0v) is 21.7. The number of allylic oxidation sites excluding steroid dienone is 1. The summed E-state index contributed by atoms with van der Waals surface area (Å²) in [5, 5.41) is 8.29. The van der Waals surface area contributed by atoms with Gasteiger partial charge in [0.1, 0.15) is 5.82 Å². The molecule has 0 amide bonds. The molecule has 1 atom stereocenters. The first-order valence-corrected chi connectivity index (χ1v) is 12.2. The van der Waals surface area contributed by atoms with Crippen molar-refractivity contribution in [2.24, 2.45) is 0 Å². The summed E-state index contributed by atoms with van der Waals surface area (Å²) >= 11 is 5.82. The van der Waals surface area contributed by atoms with Crippen LogP contribution in [-0.4, -0.2) is 15.3 Å². The average Bonchev–Trinajstić information content (AvgIpc) is 3.32. The van der Waals surface area contributed by atoms with Crippen LogP contribution in [0.15, 0.2) is 70.9 Å². The third-order valence-electron chi connectivity index (χ3n) is 6.68. The summed E-state index contributed by atoms with van der Waals surface area (Å²) in [6.45, 7) is 9.92. The highest BCUT2D eigenvalue weighted by atomic mass is 32.1. The van der Waals surface area contributed by atoms with Crippen LogP contribution in [0.3, 0.4) is 0 Å². The quantitative estimate of drug-likeness (QED) is 0.307. The molecule has 0 saturated heterocycles. The second kappa shape index (κ2) is 9.32. The van der Waals surface area contributed by atoms with Crippen LogP contribution in [0.4, 0.5) is 10.1 Å². The van der Waals surface area contributed by atoms with Gasteiger partial charge in [-0.25, -0.2) is 4.39 Å². The zero-order chi connectivity index (χ0) is 25.6. The van der Waals surface area contributed by atoms with Gasteiger partial charge in [0.05, 0.1) is 11.6 Å². The number of hydrogen-bond donors (Lipinski definition) is 1. The number of hydrogen-bond acceptors (Lipinski definition) is 4. The van der Waals surface area contributed by atoms with Crippen LogP contribution in [0.5, 0.6) is 0 Å². The van der Waals surface area contributed by atoms with Gasteiger partial charge in [0.25, 0.3) is 5.89 Å². The molecule has 2 heterocycles. The van der Waals surface area contributed by atoms with Crippen molar-refractivity contribution >= 4 is 28.6 Å². The van der Waals surface area contributed by atoms with E-state index in [2.05, 4.69) is 42.5 Å². The van der Waals surface area contributed by atoms with Crippen LogP contribution in [0.2, 0.25) is 0 Å². The van der Waals surface area contributed by atoms with E-state index in [-0.39, 0.29) is 11.9 Å². The molecule has 0 saturated carbocycles. The van der Waals surface area contributed by atoms with Crippen molar-refractivity contribution in [1.82, 2.24) is 15.5 Å². The van der Waals surface area contributed by atoms with E-state index >= 15 is 0 Å². The first kappa shape index (κ1) is 23.9. The van der Waals surface area contributed by atoms with Crippen molar-refractivity contribution in [3.05, 3.63) is 106 Å². The molecule has 0 bridgehead atoms. The van der Waals surface area contributed by atoms with Crippen LogP contribution in [0.1, 0.15) is 46.7 Å². The molecule has 5 nitrogen and oxygen atoms in total. The van der Waals surface area contributed by atoms with Crippen LogP contribution in [0, 0.1) is 33.5 Å². The number of rotatable bonds is 4. The van der Waals surface area contributed by atoms with E-state index in [1.807, 2.05) is 43.0 Å². The van der Waals surface area contributed by atoms with Crippen molar-refractivity contribution in [3.63, 3.8) is 0 Å². The van der Waals surface area contributed by atoms with Gasteiger partial charge >= 0.3 is 0 Å². The lowest BCUT2D eigenvalue weighted by atomic mass is 9.92. The summed E-state index contributed by atoms with van der Waals surface area (Å²) in [6.07, 6.45) is 0. The van der Waals surface area contributed by atoms with Gasteiger partial charge in [-0.2, -0.15) is 4.98 Å². The normalized spacial score (nSPS) is 15.9. The van der Waals surface area contributed by atoms with Gasteiger partial charge in [0, 0.05) is 16.9 Å². The molecular weight excluding hydrogens is 471 g/mol. The summed E-state index contributed by atoms with van der Waals surface area (Å²) in [5.41, 5.74) is 8.40. The zero-order valence-electron chi connectivity index (χ0n) is 20.9. The van der Waals surface area contributed by atoms with Crippen molar-refractivity contribution in [3.8, 4) is 11.4 Å². The van der Waals surface area contributed by atoms with Gasteiger partial charge in [-0.3, -0.25) is 4.90 Å². The summed E-state index contributed by atoms with van der Waals surface area (Å²) in [7, 11) is 0. The predicted octanol–water partition coefficient (Wildman–Crippen LogP) is 6.98. The Hall–Kier alpha value is -3.84. The molecule has 1 N–H and O–H groups in total. The Morgan fingerprint density at radius 2 is 1.72 bits per heavy atom. The van der Waals surface area contributed by atoms with E-state index in [9.17, 15) is 4.39 Å². The summed E-state index contributed by atoms with van der Waals surface area (Å²) in [5.74, 6) is 0.667. The van der Waals surface area contributed by atoms with Gasteiger partial charge in [-0.05, 0) is 93.4 Å². The summed E-state index contributed by atoms with van der Waals surface area (Å²) in [4.78, 5) is 6.68. The van der Waals surface area contributed by atoms with Crippen LogP contribution < -0.4 is 10.2 Å². The summed E-state index contributed by atoms with van der Waals surface area (Å²) < 4.78 is 19.9. The molecule has 0 aliphatic carbocycles. The van der Waals surface area contributed by atoms with Crippen molar-refractivity contribution in [1.29, 1.82) is 0 Å². The standard InChI is InChI=1S/C29H27FN4OS/c1-16-7-6-8-22(13-16)27-32-28(35-33-27)25-20(5)34(23-11-12-24(30)19(4)15-23)29(36)31-26(25)21-10-9-17(2)18(3)14-21/h6-15,26H,1-5H3,(H,31,36). The largest absolute Gasteiger partial charge is 0.351 e. The molecule has 5 rings (SSSR count). The molecule has 3 aromatic carbocycles. The Kier molecular flexibility index (Phi) is 6.18. The van der Waals surface area contributed by atoms with E-state index in [1.165, 1.54) is 17.2 Å². The third kappa shape index (κ3) is 4.31. The highest BCUT2D eigenvalue weighted by Crippen LogP contribution is 2.40. The topological polar surface area (TPSA) is 54.2 Å². The van der Waals surface area contributed by atoms with Gasteiger partial charge in [-0.1, -0.05) is 47.1 Å². The van der Waals surface area contributed by atoms with Crippen LogP contribution >= 0.6 is 12.2 Å². The second-order valence-electron chi connectivity index (χ2n) is 9.29. The SMILES string of the molecule is CC1=C(c2nc(-c3cccc(C)c3)no2)C(c2ccc(C)c(C)c2)NC(=S)N1c1ccc(F)c(C)c1. The average molecular weight is 499 g/mol. The molecule has 1 unspecified atom stereocenters. The van der Waals surface area contributed by atoms with Crippen LogP contribution in [-0.2, 0) is 0 Å². The minimum atomic E-state index is -0.291. The Labute approximate surface area is 215 Å². The minimum Gasteiger partial charge on any atom is -0.351 e. The molecular formula is C29H27FN4OS. The minimum absolute atomic E-state index is 0.260. The maximum atomic E-state index is 14.0. The first-order valence-electron chi connectivity index (χ1n) is 11.8. The molecule has 182 valence electrons. The lowest BCUT2D eigenvalue weighted by Gasteiger charge is -2.37. The number of aryl methyl sites for hydroxylation is 4. The van der Waals surface area contributed by atoms with E-state index in [4.69, 9.17) is 21.7 Å². The smallest absolute Gasteiger partial charge is 0.258 e. The molecule has 0 spiro atoms. The number of thiocarbonyl (C=S) groups is 1. The highest BCUT2D eigenvalue weighted by Gasteiger charge is 2.35. The Bertz CT molecular complexity index is 1520. The van der Waals surface area contributed by atoms with Crippen molar-refractivity contribution in [2.75, 3.05) is 4.90 Å². The highest BCUT2D eigenvalue weighted by molar-refractivity contribution is 7.80. The third-order valence-corrected chi connectivity index (χ3v) is 6.98. The molecule has 36 heavy (non-hydrogen) atoms.